The molecule has 3 rings (SSSR count). The number of amides is 1. The minimum Gasteiger partial charge on any atom is -0.349 e. The highest BCUT2D eigenvalue weighted by Crippen LogP contribution is 2.33. The molecule has 1 heterocycles. The summed E-state index contributed by atoms with van der Waals surface area (Å²) in [6, 6.07) is 10.2. The van der Waals surface area contributed by atoms with Crippen LogP contribution in [0.3, 0.4) is 0 Å². The molecule has 1 aliphatic heterocycles. The van der Waals surface area contributed by atoms with Crippen molar-refractivity contribution in [3.05, 3.63) is 63.9 Å². The fourth-order valence-electron chi connectivity index (χ4n) is 3.38. The maximum absolute atomic E-state index is 13.1. The van der Waals surface area contributed by atoms with Crippen molar-refractivity contribution in [3.8, 4) is 0 Å². The van der Waals surface area contributed by atoms with Crippen LogP contribution in [0.1, 0.15) is 31.4 Å². The first kappa shape index (κ1) is 22.0. The van der Waals surface area contributed by atoms with Gasteiger partial charge in [0.1, 0.15) is 10.7 Å². The minimum absolute atomic E-state index is 0.0745. The zero-order chi connectivity index (χ0) is 21.2. The number of benzene rings is 2. The lowest BCUT2D eigenvalue weighted by Gasteiger charge is -2.31. The Morgan fingerprint density at radius 3 is 2.21 bits per heavy atom. The first-order valence-electron chi connectivity index (χ1n) is 9.20. The van der Waals surface area contributed by atoms with Crippen LogP contribution in [0.25, 0.3) is 0 Å². The van der Waals surface area contributed by atoms with Crippen molar-refractivity contribution in [1.82, 2.24) is 9.62 Å². The molecular formula is C20H21Cl2FN2O3S. The van der Waals surface area contributed by atoms with Crippen molar-refractivity contribution < 1.29 is 17.6 Å². The molecule has 29 heavy (non-hydrogen) atoms. The predicted octanol–water partition coefficient (Wildman–Crippen LogP) is 4.41. The SMILES string of the molecule is CC(NC(=O)C1CCN(S(=O)(=O)c2c(Cl)cccc2Cl)CC1)c1ccc(F)cc1. The second-order valence-electron chi connectivity index (χ2n) is 7.01. The molecule has 1 atom stereocenters. The summed E-state index contributed by atoms with van der Waals surface area (Å²) in [4.78, 5) is 12.5. The van der Waals surface area contributed by atoms with Crippen LogP contribution in [0.15, 0.2) is 47.4 Å². The Balaban J connectivity index is 1.62. The van der Waals surface area contributed by atoms with Gasteiger partial charge in [-0.3, -0.25) is 4.79 Å². The van der Waals surface area contributed by atoms with Crippen LogP contribution in [0, 0.1) is 11.7 Å². The number of nitrogens with zero attached hydrogens (tertiary/aromatic N) is 1. The van der Waals surface area contributed by atoms with Crippen molar-refractivity contribution in [1.29, 1.82) is 0 Å². The van der Waals surface area contributed by atoms with Gasteiger partial charge in [-0.1, -0.05) is 41.4 Å². The summed E-state index contributed by atoms with van der Waals surface area (Å²) in [7, 11) is -3.84. The van der Waals surface area contributed by atoms with E-state index in [0.717, 1.165) is 5.56 Å². The molecule has 0 aliphatic carbocycles. The van der Waals surface area contributed by atoms with Gasteiger partial charge >= 0.3 is 0 Å². The fraction of sp³-hybridized carbons (Fsp3) is 0.350. The largest absolute Gasteiger partial charge is 0.349 e. The van der Waals surface area contributed by atoms with Crippen LogP contribution in [0.2, 0.25) is 10.0 Å². The monoisotopic (exact) mass is 458 g/mol. The van der Waals surface area contributed by atoms with E-state index in [0.29, 0.717) is 12.8 Å². The summed E-state index contributed by atoms with van der Waals surface area (Å²) in [5, 5.41) is 3.07. The molecule has 1 fully saturated rings. The smallest absolute Gasteiger partial charge is 0.246 e. The van der Waals surface area contributed by atoms with E-state index in [2.05, 4.69) is 5.32 Å². The van der Waals surface area contributed by atoms with E-state index in [9.17, 15) is 17.6 Å². The summed E-state index contributed by atoms with van der Waals surface area (Å²) in [6.07, 6.45) is 0.784. The van der Waals surface area contributed by atoms with Crippen molar-refractivity contribution in [3.63, 3.8) is 0 Å². The van der Waals surface area contributed by atoms with Gasteiger partial charge in [0.05, 0.1) is 16.1 Å². The topological polar surface area (TPSA) is 66.5 Å². The molecule has 1 aliphatic rings. The number of carbonyl (C=O) groups is 1. The number of sulfonamides is 1. The van der Waals surface area contributed by atoms with Crippen LogP contribution >= 0.6 is 23.2 Å². The molecule has 5 nitrogen and oxygen atoms in total. The quantitative estimate of drug-likeness (QED) is 0.721. The van der Waals surface area contributed by atoms with Gasteiger partial charge in [-0.15, -0.1) is 0 Å². The molecule has 1 amide bonds. The Kier molecular flexibility index (Phi) is 6.83. The fourth-order valence-corrected chi connectivity index (χ4v) is 5.94. The number of hydrogen-bond donors (Lipinski definition) is 1. The standard InChI is InChI=1S/C20H21Cl2FN2O3S/c1-13(14-5-7-16(23)8-6-14)24-20(26)15-9-11-25(12-10-15)29(27,28)19-17(21)3-2-4-18(19)22/h2-8,13,15H,9-12H2,1H3,(H,24,26). The van der Waals surface area contributed by atoms with E-state index in [1.165, 1.54) is 28.6 Å². The zero-order valence-corrected chi connectivity index (χ0v) is 18.1. The Morgan fingerprint density at radius 1 is 1.10 bits per heavy atom. The number of halogens is 3. The molecule has 2 aromatic carbocycles. The third-order valence-electron chi connectivity index (χ3n) is 5.07. The summed E-state index contributed by atoms with van der Waals surface area (Å²) in [5.41, 5.74) is 0.799. The van der Waals surface area contributed by atoms with E-state index in [-0.39, 0.29) is 51.7 Å². The second-order valence-corrected chi connectivity index (χ2v) is 9.70. The number of piperidine rings is 1. The Bertz CT molecular complexity index is 971. The molecule has 2 aromatic rings. The Morgan fingerprint density at radius 2 is 1.66 bits per heavy atom. The summed E-state index contributed by atoms with van der Waals surface area (Å²) < 4.78 is 40.2. The van der Waals surface area contributed by atoms with Gasteiger partial charge in [-0.2, -0.15) is 4.31 Å². The summed E-state index contributed by atoms with van der Waals surface area (Å²) >= 11 is 12.1. The van der Waals surface area contributed by atoms with Gasteiger partial charge in [0.2, 0.25) is 15.9 Å². The van der Waals surface area contributed by atoms with Crippen molar-refractivity contribution in [2.75, 3.05) is 13.1 Å². The average molecular weight is 459 g/mol. The average Bonchev–Trinajstić information content (AvgIpc) is 2.68. The molecular weight excluding hydrogens is 438 g/mol. The number of carbonyl (C=O) groups excluding carboxylic acids is 1. The highest BCUT2D eigenvalue weighted by atomic mass is 35.5. The lowest BCUT2D eigenvalue weighted by Crippen LogP contribution is -2.43. The minimum atomic E-state index is -3.84. The first-order valence-corrected chi connectivity index (χ1v) is 11.4. The Hall–Kier alpha value is -1.67. The molecule has 1 N–H and O–H groups in total. The zero-order valence-electron chi connectivity index (χ0n) is 15.7. The van der Waals surface area contributed by atoms with E-state index < -0.39 is 10.0 Å². The maximum Gasteiger partial charge on any atom is 0.246 e. The third kappa shape index (κ3) is 4.91. The number of nitrogens with one attached hydrogen (secondary N) is 1. The van der Waals surface area contributed by atoms with Gasteiger partial charge in [-0.05, 0) is 49.6 Å². The molecule has 0 spiro atoms. The molecule has 1 unspecified atom stereocenters. The van der Waals surface area contributed by atoms with Crippen LogP contribution in [0.4, 0.5) is 4.39 Å². The van der Waals surface area contributed by atoms with Crippen molar-refractivity contribution >= 4 is 39.1 Å². The highest BCUT2D eigenvalue weighted by molar-refractivity contribution is 7.89. The first-order chi connectivity index (χ1) is 13.7. The number of rotatable bonds is 5. The number of hydrogen-bond acceptors (Lipinski definition) is 3. The maximum atomic E-state index is 13.1. The van der Waals surface area contributed by atoms with Crippen LogP contribution in [-0.2, 0) is 14.8 Å². The lowest BCUT2D eigenvalue weighted by atomic mass is 9.96. The van der Waals surface area contributed by atoms with E-state index >= 15 is 0 Å². The van der Waals surface area contributed by atoms with Crippen molar-refractivity contribution in [2.24, 2.45) is 5.92 Å². The molecule has 9 heteroatoms. The summed E-state index contributed by atoms with van der Waals surface area (Å²) in [5.74, 6) is -0.778. The molecule has 1 saturated heterocycles. The molecule has 0 radical (unpaired) electrons. The van der Waals surface area contributed by atoms with E-state index in [1.807, 2.05) is 6.92 Å². The van der Waals surface area contributed by atoms with Gasteiger partial charge < -0.3 is 5.32 Å². The third-order valence-corrected chi connectivity index (χ3v) is 7.93. The molecule has 156 valence electrons. The van der Waals surface area contributed by atoms with E-state index in [1.54, 1.807) is 18.2 Å². The van der Waals surface area contributed by atoms with Crippen LogP contribution in [-0.4, -0.2) is 31.7 Å². The summed E-state index contributed by atoms with van der Waals surface area (Å²) in [6.45, 7) is 2.23. The van der Waals surface area contributed by atoms with Gasteiger partial charge in [-0.25, -0.2) is 12.8 Å². The van der Waals surface area contributed by atoms with Gasteiger partial charge in [0, 0.05) is 19.0 Å². The second kappa shape index (κ2) is 9.00. The molecule has 0 bridgehead atoms. The van der Waals surface area contributed by atoms with Crippen LogP contribution < -0.4 is 5.32 Å². The van der Waals surface area contributed by atoms with Gasteiger partial charge in [0.25, 0.3) is 0 Å². The van der Waals surface area contributed by atoms with Crippen LogP contribution in [0.5, 0.6) is 0 Å². The van der Waals surface area contributed by atoms with E-state index in [4.69, 9.17) is 23.2 Å². The highest BCUT2D eigenvalue weighted by Gasteiger charge is 2.34. The normalized spacial score (nSPS) is 17.1. The van der Waals surface area contributed by atoms with Crippen molar-refractivity contribution in [2.45, 2.75) is 30.7 Å². The molecule has 0 saturated carbocycles. The molecule has 0 aromatic heterocycles. The predicted molar refractivity (Wildman–Crippen MR) is 111 cm³/mol. The Labute approximate surface area is 179 Å². The lowest BCUT2D eigenvalue weighted by molar-refractivity contribution is -0.126. The van der Waals surface area contributed by atoms with Gasteiger partial charge in [0.15, 0.2) is 0 Å².